The average Bonchev–Trinajstić information content (AvgIpc) is 2.52. The summed E-state index contributed by atoms with van der Waals surface area (Å²) in [4.78, 5) is 0. The molecule has 2 aliphatic carbocycles. The Bertz CT molecular complexity index is 231. The Balaban J connectivity index is 1.94. The fourth-order valence-corrected chi connectivity index (χ4v) is 3.40. The van der Waals surface area contributed by atoms with E-state index in [-0.39, 0.29) is 5.60 Å². The van der Waals surface area contributed by atoms with Gasteiger partial charge in [-0.3, -0.25) is 0 Å². The van der Waals surface area contributed by atoms with Gasteiger partial charge < -0.3 is 4.74 Å². The number of hydrogen-bond acceptors (Lipinski definition) is 1. The maximum Gasteiger partial charge on any atom is 0.0659 e. The molecule has 1 aliphatic heterocycles. The molecule has 1 heteroatoms. The van der Waals surface area contributed by atoms with E-state index in [1.54, 1.807) is 0 Å². The minimum atomic E-state index is 0.182. The van der Waals surface area contributed by atoms with Crippen LogP contribution in [0.5, 0.6) is 0 Å². The van der Waals surface area contributed by atoms with Crippen molar-refractivity contribution in [2.75, 3.05) is 0 Å². The lowest BCUT2D eigenvalue weighted by Gasteiger charge is -2.25. The summed E-state index contributed by atoms with van der Waals surface area (Å²) in [7, 11) is 0. The molecule has 4 unspecified atom stereocenters. The molecule has 12 heavy (non-hydrogen) atoms. The minimum absolute atomic E-state index is 0.182. The molecule has 1 saturated heterocycles. The van der Waals surface area contributed by atoms with Gasteiger partial charge in [0.05, 0.1) is 11.7 Å². The zero-order valence-corrected chi connectivity index (χ0v) is 8.26. The fourth-order valence-electron chi connectivity index (χ4n) is 3.40. The van der Waals surface area contributed by atoms with Gasteiger partial charge in [0.25, 0.3) is 0 Å². The first-order chi connectivity index (χ1) is 5.52. The van der Waals surface area contributed by atoms with Crippen molar-refractivity contribution in [2.45, 2.75) is 51.7 Å². The van der Waals surface area contributed by atoms with Crippen molar-refractivity contribution in [1.82, 2.24) is 0 Å². The van der Waals surface area contributed by atoms with E-state index >= 15 is 0 Å². The Morgan fingerprint density at radius 3 is 2.58 bits per heavy atom. The van der Waals surface area contributed by atoms with Gasteiger partial charge in [-0.05, 0) is 50.4 Å². The van der Waals surface area contributed by atoms with Gasteiger partial charge in [-0.2, -0.15) is 0 Å². The van der Waals surface area contributed by atoms with Gasteiger partial charge in [0.15, 0.2) is 0 Å². The maximum absolute atomic E-state index is 6.13. The number of hydrogen-bond donors (Lipinski definition) is 0. The highest BCUT2D eigenvalue weighted by molar-refractivity contribution is 5.14. The van der Waals surface area contributed by atoms with Crippen LogP contribution in [-0.4, -0.2) is 11.7 Å². The summed E-state index contributed by atoms with van der Waals surface area (Å²) in [6.07, 6.45) is 4.79. The zero-order valence-electron chi connectivity index (χ0n) is 8.26. The molecule has 0 aromatic rings. The van der Waals surface area contributed by atoms with Gasteiger partial charge in [0.2, 0.25) is 0 Å². The van der Waals surface area contributed by atoms with E-state index in [4.69, 9.17) is 4.74 Å². The standard InChI is InChI=1S/C11H18O/c1-10(2)7-4-8-6-11(8,3)9(5-7)12-10/h7-9H,4-6H2,1-3H3. The molecule has 0 aromatic heterocycles. The Labute approximate surface area is 74.5 Å². The summed E-state index contributed by atoms with van der Waals surface area (Å²) in [6.45, 7) is 6.96. The van der Waals surface area contributed by atoms with Crippen LogP contribution in [0, 0.1) is 17.3 Å². The summed E-state index contributed by atoms with van der Waals surface area (Å²) in [5.74, 6) is 1.85. The van der Waals surface area contributed by atoms with Gasteiger partial charge in [-0.1, -0.05) is 6.92 Å². The van der Waals surface area contributed by atoms with Crippen molar-refractivity contribution in [3.8, 4) is 0 Å². The average molecular weight is 166 g/mol. The van der Waals surface area contributed by atoms with Gasteiger partial charge in [0, 0.05) is 0 Å². The summed E-state index contributed by atoms with van der Waals surface area (Å²) >= 11 is 0. The highest BCUT2D eigenvalue weighted by Crippen LogP contribution is 2.67. The third kappa shape index (κ3) is 0.693. The second-order valence-electron chi connectivity index (χ2n) is 5.79. The highest BCUT2D eigenvalue weighted by Gasteiger charge is 2.65. The molecule has 3 rings (SSSR count). The number of rotatable bonds is 0. The van der Waals surface area contributed by atoms with Gasteiger partial charge in [-0.15, -0.1) is 0 Å². The van der Waals surface area contributed by atoms with E-state index in [0.717, 1.165) is 11.8 Å². The molecule has 1 nitrogen and oxygen atoms in total. The first-order valence-corrected chi connectivity index (χ1v) is 5.20. The van der Waals surface area contributed by atoms with E-state index in [9.17, 15) is 0 Å². The molecule has 0 spiro atoms. The predicted octanol–water partition coefficient (Wildman–Crippen LogP) is 2.60. The molecule has 0 radical (unpaired) electrons. The summed E-state index contributed by atoms with van der Waals surface area (Å²) in [5, 5.41) is 0. The van der Waals surface area contributed by atoms with Crippen molar-refractivity contribution >= 4 is 0 Å². The molecule has 2 saturated carbocycles. The van der Waals surface area contributed by atoms with Gasteiger partial charge >= 0.3 is 0 Å². The summed E-state index contributed by atoms with van der Waals surface area (Å²) < 4.78 is 6.13. The van der Waals surface area contributed by atoms with Gasteiger partial charge in [-0.25, -0.2) is 0 Å². The third-order valence-corrected chi connectivity index (χ3v) is 4.69. The van der Waals surface area contributed by atoms with Crippen molar-refractivity contribution in [3.05, 3.63) is 0 Å². The number of ether oxygens (including phenoxy) is 1. The first kappa shape index (κ1) is 7.37. The molecule has 2 bridgehead atoms. The lowest BCUT2D eigenvalue weighted by molar-refractivity contribution is -0.0479. The highest BCUT2D eigenvalue weighted by atomic mass is 16.5. The minimum Gasteiger partial charge on any atom is -0.371 e. The Kier molecular flexibility index (Phi) is 1.07. The molecule has 68 valence electrons. The van der Waals surface area contributed by atoms with Crippen LogP contribution in [0.25, 0.3) is 0 Å². The van der Waals surface area contributed by atoms with Crippen LogP contribution in [0.3, 0.4) is 0 Å². The first-order valence-electron chi connectivity index (χ1n) is 5.20. The van der Waals surface area contributed by atoms with Crippen molar-refractivity contribution in [2.24, 2.45) is 17.3 Å². The Morgan fingerprint density at radius 1 is 1.08 bits per heavy atom. The second kappa shape index (κ2) is 1.75. The molecule has 0 aromatic carbocycles. The summed E-state index contributed by atoms with van der Waals surface area (Å²) in [5.41, 5.74) is 0.769. The molecule has 3 aliphatic rings. The normalized spacial score (nSPS) is 59.8. The second-order valence-corrected chi connectivity index (χ2v) is 5.79. The van der Waals surface area contributed by atoms with Crippen LogP contribution in [0.4, 0.5) is 0 Å². The van der Waals surface area contributed by atoms with Gasteiger partial charge in [0.1, 0.15) is 0 Å². The van der Waals surface area contributed by atoms with Crippen LogP contribution in [0.15, 0.2) is 0 Å². The van der Waals surface area contributed by atoms with Crippen molar-refractivity contribution < 1.29 is 4.74 Å². The van der Waals surface area contributed by atoms with E-state index in [0.29, 0.717) is 11.5 Å². The van der Waals surface area contributed by atoms with E-state index in [1.807, 2.05) is 0 Å². The number of fused-ring (bicyclic) bond motifs is 4. The smallest absolute Gasteiger partial charge is 0.0659 e. The van der Waals surface area contributed by atoms with Crippen LogP contribution < -0.4 is 0 Å². The lowest BCUT2D eigenvalue weighted by Crippen LogP contribution is -2.27. The Hall–Kier alpha value is -0.0400. The predicted molar refractivity (Wildman–Crippen MR) is 47.9 cm³/mol. The molecular weight excluding hydrogens is 148 g/mol. The molecule has 1 heterocycles. The van der Waals surface area contributed by atoms with E-state index < -0.39 is 0 Å². The van der Waals surface area contributed by atoms with E-state index in [2.05, 4.69) is 20.8 Å². The monoisotopic (exact) mass is 166 g/mol. The quantitative estimate of drug-likeness (QED) is 0.537. The molecule has 0 N–H and O–H groups in total. The van der Waals surface area contributed by atoms with Crippen LogP contribution in [0.1, 0.15) is 40.0 Å². The molecule has 4 atom stereocenters. The van der Waals surface area contributed by atoms with E-state index in [1.165, 1.54) is 19.3 Å². The summed E-state index contributed by atoms with van der Waals surface area (Å²) in [6, 6.07) is 0. The largest absolute Gasteiger partial charge is 0.371 e. The Morgan fingerprint density at radius 2 is 1.83 bits per heavy atom. The SMILES string of the molecule is CC1(C)OC2CC1CC1CC12C. The topological polar surface area (TPSA) is 9.23 Å². The lowest BCUT2D eigenvalue weighted by atomic mass is 9.78. The maximum atomic E-state index is 6.13. The van der Waals surface area contributed by atoms with Crippen LogP contribution in [-0.2, 0) is 4.74 Å². The molecular formula is C11H18O. The zero-order chi connectivity index (χ0) is 8.56. The molecule has 0 amide bonds. The fraction of sp³-hybridized carbons (Fsp3) is 1.00. The van der Waals surface area contributed by atoms with Crippen molar-refractivity contribution in [1.29, 1.82) is 0 Å². The van der Waals surface area contributed by atoms with Crippen LogP contribution in [0.2, 0.25) is 0 Å². The third-order valence-electron chi connectivity index (χ3n) is 4.69. The molecule has 3 fully saturated rings. The van der Waals surface area contributed by atoms with Crippen LogP contribution >= 0.6 is 0 Å². The van der Waals surface area contributed by atoms with Crippen molar-refractivity contribution in [3.63, 3.8) is 0 Å².